The second kappa shape index (κ2) is 8.86. The highest BCUT2D eigenvalue weighted by Crippen LogP contribution is 2.42. The Labute approximate surface area is 218 Å². The average Bonchev–Trinajstić information content (AvgIpc) is 3.39. The standard InChI is InChI=1S/C27H26N6O5/c1-26(29-31-32-30-26)16-7-8-21-18(13-16)20(34)15-27(38-21)9-11-33(12-10-27)25(35)19-14-23(37-3)17-5-4-6-22(36-2)24(17)28-19/h4-8,13-14H,9-12,15H2,1-3H3. The summed E-state index contributed by atoms with van der Waals surface area (Å²) in [6.07, 6.45) is 1.30. The number of hydrogen-bond acceptors (Lipinski definition) is 10. The Morgan fingerprint density at radius 3 is 2.45 bits per heavy atom. The van der Waals surface area contributed by atoms with Crippen molar-refractivity contribution in [3.63, 3.8) is 0 Å². The second-order valence-electron chi connectivity index (χ2n) is 9.85. The fraction of sp³-hybridized carbons (Fsp3) is 0.370. The first-order valence-electron chi connectivity index (χ1n) is 12.4. The predicted molar refractivity (Wildman–Crippen MR) is 136 cm³/mol. The number of rotatable bonds is 4. The van der Waals surface area contributed by atoms with E-state index in [0.29, 0.717) is 54.3 Å². The molecule has 0 N–H and O–H groups in total. The van der Waals surface area contributed by atoms with Gasteiger partial charge in [0.25, 0.3) is 5.91 Å². The molecular formula is C27H26N6O5. The first kappa shape index (κ1) is 24.0. The lowest BCUT2D eigenvalue weighted by atomic mass is 9.81. The SMILES string of the molecule is COc1cc(C(=O)N2CCC3(CC2)CC(=O)c2cc(C4(C)N=NN=N4)ccc2O3)nc2c(OC)cccc12. The fourth-order valence-corrected chi connectivity index (χ4v) is 5.33. The lowest BCUT2D eigenvalue weighted by molar-refractivity contribution is -0.00588. The van der Waals surface area contributed by atoms with Crippen LogP contribution in [0.4, 0.5) is 0 Å². The number of benzene rings is 2. The van der Waals surface area contributed by atoms with Crippen molar-refractivity contribution in [3.05, 3.63) is 59.3 Å². The van der Waals surface area contributed by atoms with Crippen LogP contribution in [0.1, 0.15) is 52.6 Å². The van der Waals surface area contributed by atoms with Crippen molar-refractivity contribution in [2.75, 3.05) is 27.3 Å². The Morgan fingerprint density at radius 1 is 1.00 bits per heavy atom. The maximum atomic E-state index is 13.5. The Hall–Kier alpha value is -4.41. The van der Waals surface area contributed by atoms with E-state index in [-0.39, 0.29) is 23.8 Å². The molecule has 0 atom stereocenters. The molecule has 1 aromatic heterocycles. The number of ether oxygens (including phenoxy) is 3. The van der Waals surface area contributed by atoms with Crippen molar-refractivity contribution >= 4 is 22.6 Å². The normalized spacial score (nSPS) is 18.9. The number of methoxy groups -OCH3 is 2. The Balaban J connectivity index is 1.21. The fourth-order valence-electron chi connectivity index (χ4n) is 5.33. The van der Waals surface area contributed by atoms with Gasteiger partial charge in [0, 0.05) is 42.9 Å². The van der Waals surface area contributed by atoms with Crippen LogP contribution < -0.4 is 14.2 Å². The molecule has 1 amide bonds. The summed E-state index contributed by atoms with van der Waals surface area (Å²) in [5.41, 5.74) is 0.494. The highest BCUT2D eigenvalue weighted by Gasteiger charge is 2.44. The zero-order valence-corrected chi connectivity index (χ0v) is 21.3. The molecule has 11 heteroatoms. The summed E-state index contributed by atoms with van der Waals surface area (Å²) in [6, 6.07) is 12.6. The molecule has 3 aromatic rings. The summed E-state index contributed by atoms with van der Waals surface area (Å²) in [6.45, 7) is 2.66. The van der Waals surface area contributed by atoms with Crippen LogP contribution in [0.2, 0.25) is 0 Å². The van der Waals surface area contributed by atoms with Crippen molar-refractivity contribution in [2.45, 2.75) is 37.5 Å². The van der Waals surface area contributed by atoms with Gasteiger partial charge in [-0.2, -0.15) is 0 Å². The topological polar surface area (TPSA) is 127 Å². The first-order valence-corrected chi connectivity index (χ1v) is 12.4. The zero-order chi connectivity index (χ0) is 26.5. The van der Waals surface area contributed by atoms with Crippen LogP contribution in [0.5, 0.6) is 17.2 Å². The molecule has 0 saturated carbocycles. The predicted octanol–water partition coefficient (Wildman–Crippen LogP) is 4.90. The highest BCUT2D eigenvalue weighted by atomic mass is 16.5. The van der Waals surface area contributed by atoms with E-state index in [0.717, 1.165) is 10.9 Å². The van der Waals surface area contributed by atoms with E-state index in [4.69, 9.17) is 14.2 Å². The maximum Gasteiger partial charge on any atom is 0.272 e. The molecular weight excluding hydrogens is 488 g/mol. The molecule has 0 bridgehead atoms. The molecule has 3 aliphatic heterocycles. The molecule has 0 unspecified atom stereocenters. The van der Waals surface area contributed by atoms with E-state index in [1.807, 2.05) is 18.2 Å². The lowest BCUT2D eigenvalue weighted by Crippen LogP contribution is -2.52. The van der Waals surface area contributed by atoms with Crippen LogP contribution >= 0.6 is 0 Å². The number of likely N-dealkylation sites (tertiary alicyclic amines) is 1. The molecule has 4 heterocycles. The Kier molecular flexibility index (Phi) is 5.59. The number of aromatic nitrogens is 1. The second-order valence-corrected chi connectivity index (χ2v) is 9.85. The lowest BCUT2D eigenvalue weighted by Gasteiger charge is -2.44. The molecule has 3 aliphatic rings. The maximum absolute atomic E-state index is 13.5. The third-order valence-electron chi connectivity index (χ3n) is 7.54. The first-order chi connectivity index (χ1) is 18.3. The number of para-hydroxylation sites is 1. The van der Waals surface area contributed by atoms with Gasteiger partial charge in [-0.1, -0.05) is 12.1 Å². The number of hydrogen-bond donors (Lipinski definition) is 0. The third kappa shape index (κ3) is 3.85. The number of pyridine rings is 1. The number of Topliss-reactive ketones (excluding diaryl/α,β-unsaturated/α-hetero) is 1. The molecule has 194 valence electrons. The summed E-state index contributed by atoms with van der Waals surface area (Å²) in [4.78, 5) is 33.0. The van der Waals surface area contributed by atoms with Gasteiger partial charge in [-0.3, -0.25) is 9.59 Å². The molecule has 2 aromatic carbocycles. The van der Waals surface area contributed by atoms with E-state index in [1.54, 1.807) is 50.3 Å². The molecule has 38 heavy (non-hydrogen) atoms. The minimum Gasteiger partial charge on any atom is -0.496 e. The number of amides is 1. The minimum atomic E-state index is -0.931. The molecule has 6 rings (SSSR count). The van der Waals surface area contributed by atoms with Gasteiger partial charge >= 0.3 is 0 Å². The van der Waals surface area contributed by atoms with Gasteiger partial charge < -0.3 is 19.1 Å². The number of ketones is 1. The molecule has 1 saturated heterocycles. The number of fused-ring (bicyclic) bond motifs is 2. The van der Waals surface area contributed by atoms with Crippen molar-refractivity contribution in [1.29, 1.82) is 0 Å². The van der Waals surface area contributed by atoms with E-state index in [2.05, 4.69) is 25.7 Å². The molecule has 1 fully saturated rings. The summed E-state index contributed by atoms with van der Waals surface area (Å²) in [5.74, 6) is 1.45. The number of carbonyl (C=O) groups excluding carboxylic acids is 2. The quantitative estimate of drug-likeness (QED) is 0.487. The van der Waals surface area contributed by atoms with Crippen LogP contribution in [-0.2, 0) is 5.66 Å². The van der Waals surface area contributed by atoms with E-state index >= 15 is 0 Å². The van der Waals surface area contributed by atoms with Gasteiger partial charge in [0.1, 0.15) is 34.1 Å². The van der Waals surface area contributed by atoms with Crippen LogP contribution in [-0.4, -0.2) is 54.5 Å². The van der Waals surface area contributed by atoms with Gasteiger partial charge in [0.05, 0.1) is 26.2 Å². The molecule has 0 aliphatic carbocycles. The van der Waals surface area contributed by atoms with E-state index in [1.165, 1.54) is 0 Å². The molecule has 1 spiro atoms. The highest BCUT2D eigenvalue weighted by molar-refractivity contribution is 6.01. The van der Waals surface area contributed by atoms with Gasteiger partial charge in [-0.25, -0.2) is 4.98 Å². The average molecular weight is 515 g/mol. The number of piperidine rings is 1. The number of carbonyl (C=O) groups is 2. The van der Waals surface area contributed by atoms with Crippen LogP contribution in [0, 0.1) is 0 Å². The summed E-state index contributed by atoms with van der Waals surface area (Å²) in [5, 5.41) is 16.1. The summed E-state index contributed by atoms with van der Waals surface area (Å²) in [7, 11) is 3.13. The van der Waals surface area contributed by atoms with Gasteiger partial charge in [-0.05, 0) is 41.6 Å². The van der Waals surface area contributed by atoms with E-state index in [9.17, 15) is 9.59 Å². The number of nitrogens with zero attached hydrogens (tertiary/aromatic N) is 6. The molecule has 11 nitrogen and oxygen atoms in total. The van der Waals surface area contributed by atoms with Crippen LogP contribution in [0.15, 0.2) is 63.1 Å². The Morgan fingerprint density at radius 2 is 1.74 bits per heavy atom. The van der Waals surface area contributed by atoms with Gasteiger partial charge in [0.2, 0.25) is 5.66 Å². The van der Waals surface area contributed by atoms with Crippen molar-refractivity contribution in [1.82, 2.24) is 9.88 Å². The zero-order valence-electron chi connectivity index (χ0n) is 21.3. The van der Waals surface area contributed by atoms with Crippen molar-refractivity contribution in [3.8, 4) is 17.2 Å². The van der Waals surface area contributed by atoms with Crippen LogP contribution in [0.25, 0.3) is 10.9 Å². The van der Waals surface area contributed by atoms with Crippen molar-refractivity contribution in [2.24, 2.45) is 20.7 Å². The molecule has 0 radical (unpaired) electrons. The Bertz CT molecular complexity index is 1510. The van der Waals surface area contributed by atoms with Gasteiger partial charge in [-0.15, -0.1) is 10.2 Å². The van der Waals surface area contributed by atoms with Gasteiger partial charge in [0.15, 0.2) is 5.78 Å². The smallest absolute Gasteiger partial charge is 0.272 e. The minimum absolute atomic E-state index is 0.00335. The van der Waals surface area contributed by atoms with Crippen LogP contribution in [0.3, 0.4) is 0 Å². The van der Waals surface area contributed by atoms with Crippen molar-refractivity contribution < 1.29 is 23.8 Å². The third-order valence-corrected chi connectivity index (χ3v) is 7.54. The summed E-state index contributed by atoms with van der Waals surface area (Å²) < 4.78 is 17.4. The van der Waals surface area contributed by atoms with E-state index < -0.39 is 11.3 Å². The monoisotopic (exact) mass is 514 g/mol. The summed E-state index contributed by atoms with van der Waals surface area (Å²) >= 11 is 0. The largest absolute Gasteiger partial charge is 0.496 e.